The lowest BCUT2D eigenvalue weighted by atomic mass is 9.73. The number of anilines is 2. The van der Waals surface area contributed by atoms with Crippen molar-refractivity contribution in [2.75, 3.05) is 30.3 Å². The molecule has 2 atom stereocenters. The van der Waals surface area contributed by atoms with Crippen molar-refractivity contribution >= 4 is 35.0 Å². The van der Waals surface area contributed by atoms with E-state index in [0.717, 1.165) is 25.9 Å². The Kier molecular flexibility index (Phi) is 5.27. The molecule has 7 nitrogen and oxygen atoms in total. The summed E-state index contributed by atoms with van der Waals surface area (Å²) < 4.78 is 7.32. The first-order chi connectivity index (χ1) is 13.7. The molecule has 29 heavy (non-hydrogen) atoms. The van der Waals surface area contributed by atoms with Crippen LogP contribution in [0.25, 0.3) is 11.1 Å². The van der Waals surface area contributed by atoms with Crippen molar-refractivity contribution in [1.82, 2.24) is 9.55 Å². The number of hydrogen-bond acceptors (Lipinski definition) is 6. The predicted octanol–water partition coefficient (Wildman–Crippen LogP) is 2.67. The molecule has 0 unspecified atom stereocenters. The first-order valence-electron chi connectivity index (χ1n) is 9.67. The van der Waals surface area contributed by atoms with Gasteiger partial charge in [0.15, 0.2) is 0 Å². The first-order valence-corrected chi connectivity index (χ1v) is 10.4. The Morgan fingerprint density at radius 1 is 1.21 bits per heavy atom. The quantitative estimate of drug-likeness (QED) is 0.748. The van der Waals surface area contributed by atoms with Gasteiger partial charge in [-0.15, -0.1) is 0 Å². The number of aromatic nitrogens is 2. The van der Waals surface area contributed by atoms with Crippen LogP contribution < -0.4 is 21.9 Å². The normalized spacial score (nSPS) is 23.7. The molecule has 2 saturated heterocycles. The molecule has 4 N–H and O–H groups in total. The lowest BCUT2D eigenvalue weighted by molar-refractivity contribution is 0.0973. The van der Waals surface area contributed by atoms with Gasteiger partial charge >= 0.3 is 0 Å². The van der Waals surface area contributed by atoms with Gasteiger partial charge in [-0.25, -0.2) is 0 Å². The fourth-order valence-corrected chi connectivity index (χ4v) is 5.01. The number of nitrogens with zero attached hydrogens (tertiary/aromatic N) is 3. The zero-order valence-corrected chi connectivity index (χ0v) is 18.0. The molecule has 0 bridgehead atoms. The van der Waals surface area contributed by atoms with Gasteiger partial charge in [0.1, 0.15) is 5.82 Å². The van der Waals surface area contributed by atoms with Gasteiger partial charge in [0.2, 0.25) is 5.95 Å². The summed E-state index contributed by atoms with van der Waals surface area (Å²) in [7, 11) is 1.70. The molecule has 2 fully saturated rings. The monoisotopic (exact) mass is 437 g/mol. The summed E-state index contributed by atoms with van der Waals surface area (Å²) in [5, 5.41) is 0.868. The molecular weight excluding hydrogens is 413 g/mol. The summed E-state index contributed by atoms with van der Waals surface area (Å²) in [6.45, 7) is 4.20. The van der Waals surface area contributed by atoms with E-state index in [4.69, 9.17) is 39.4 Å². The molecule has 2 aliphatic rings. The molecule has 0 aliphatic carbocycles. The first kappa shape index (κ1) is 20.5. The molecule has 4 rings (SSSR count). The van der Waals surface area contributed by atoms with Crippen molar-refractivity contribution in [2.45, 2.75) is 31.9 Å². The van der Waals surface area contributed by atoms with Crippen molar-refractivity contribution < 1.29 is 4.74 Å². The van der Waals surface area contributed by atoms with Crippen LogP contribution in [0.3, 0.4) is 0 Å². The van der Waals surface area contributed by atoms with Crippen molar-refractivity contribution in [3.05, 3.63) is 38.6 Å². The number of piperidine rings is 1. The number of halogens is 2. The van der Waals surface area contributed by atoms with Gasteiger partial charge in [-0.3, -0.25) is 9.36 Å². The average Bonchev–Trinajstić information content (AvgIpc) is 2.94. The predicted molar refractivity (Wildman–Crippen MR) is 117 cm³/mol. The number of benzene rings is 1. The Hall–Kier alpha value is -1.80. The molecular formula is C20H25Cl2N5O2. The van der Waals surface area contributed by atoms with Gasteiger partial charge in [-0.1, -0.05) is 23.2 Å². The smallest absolute Gasteiger partial charge is 0.264 e. The Labute approximate surface area is 179 Å². The maximum atomic E-state index is 13.1. The van der Waals surface area contributed by atoms with Gasteiger partial charge in [-0.05, 0) is 43.5 Å². The van der Waals surface area contributed by atoms with Crippen LogP contribution in [-0.4, -0.2) is 41.4 Å². The van der Waals surface area contributed by atoms with E-state index < -0.39 is 0 Å². The molecule has 1 aromatic heterocycles. The van der Waals surface area contributed by atoms with E-state index in [0.29, 0.717) is 33.7 Å². The standard InChI is InChI=1S/C20H25Cl2N5O2/c1-11-16(23)20(10-29-11)3-5-27(6-4-20)19-25-17(24)15(18(28)26(19)2)12-7-13(21)9-14(22)8-12/h7-9,11,16H,3-6,10,23-24H2,1-2H3/t11-,16+/m0/s1. The molecule has 2 aliphatic heterocycles. The third-order valence-corrected chi connectivity index (χ3v) is 6.77. The van der Waals surface area contributed by atoms with Crippen LogP contribution in [-0.2, 0) is 11.8 Å². The van der Waals surface area contributed by atoms with Crippen molar-refractivity contribution in [3.63, 3.8) is 0 Å². The summed E-state index contributed by atoms with van der Waals surface area (Å²) in [5.74, 6) is 0.719. The van der Waals surface area contributed by atoms with Crippen molar-refractivity contribution in [3.8, 4) is 11.1 Å². The number of nitrogen functional groups attached to an aromatic ring is 1. The molecule has 1 aromatic carbocycles. The van der Waals surface area contributed by atoms with Crippen molar-refractivity contribution in [1.29, 1.82) is 0 Å². The summed E-state index contributed by atoms with van der Waals surface area (Å²) in [6, 6.07) is 4.96. The Bertz CT molecular complexity index is 981. The molecule has 9 heteroatoms. The van der Waals surface area contributed by atoms with Crippen molar-refractivity contribution in [2.24, 2.45) is 18.2 Å². The van der Waals surface area contributed by atoms with Crippen LogP contribution in [0.15, 0.2) is 23.0 Å². The fraction of sp³-hybridized carbons (Fsp3) is 0.500. The zero-order chi connectivity index (χ0) is 20.9. The number of rotatable bonds is 2. The van der Waals surface area contributed by atoms with E-state index in [1.54, 1.807) is 25.2 Å². The number of nitrogens with two attached hydrogens (primary N) is 2. The molecule has 2 aromatic rings. The van der Waals surface area contributed by atoms with Crippen LogP contribution in [0.1, 0.15) is 19.8 Å². The third-order valence-electron chi connectivity index (χ3n) is 6.33. The second kappa shape index (κ2) is 7.47. The minimum absolute atomic E-state index is 0.00218. The van der Waals surface area contributed by atoms with Crippen LogP contribution in [0.2, 0.25) is 10.0 Å². The Morgan fingerprint density at radius 2 is 1.83 bits per heavy atom. The second-order valence-electron chi connectivity index (χ2n) is 8.09. The highest BCUT2D eigenvalue weighted by atomic mass is 35.5. The maximum Gasteiger partial charge on any atom is 0.264 e. The van der Waals surface area contributed by atoms with E-state index in [1.807, 2.05) is 6.92 Å². The average molecular weight is 438 g/mol. The SMILES string of the molecule is C[C@@H]1OCC2(CCN(c3nc(N)c(-c4cc(Cl)cc(Cl)c4)c(=O)n3C)CC2)[C@@H]1N. The maximum absolute atomic E-state index is 13.1. The van der Waals surface area contributed by atoms with E-state index in [9.17, 15) is 4.79 Å². The van der Waals surface area contributed by atoms with Gasteiger partial charge in [0.05, 0.1) is 18.3 Å². The number of hydrogen-bond donors (Lipinski definition) is 2. The highest BCUT2D eigenvalue weighted by Gasteiger charge is 2.47. The molecule has 0 radical (unpaired) electrons. The lowest BCUT2D eigenvalue weighted by Crippen LogP contribution is -2.51. The van der Waals surface area contributed by atoms with Gasteiger partial charge in [-0.2, -0.15) is 4.98 Å². The second-order valence-corrected chi connectivity index (χ2v) is 8.96. The van der Waals surface area contributed by atoms with Gasteiger partial charge in [0, 0.05) is 41.6 Å². The van der Waals surface area contributed by atoms with Crippen LogP contribution in [0, 0.1) is 5.41 Å². The number of ether oxygens (including phenoxy) is 1. The molecule has 1 spiro atoms. The molecule has 0 saturated carbocycles. The summed E-state index contributed by atoms with van der Waals surface area (Å²) in [5.41, 5.74) is 13.2. The van der Waals surface area contributed by atoms with Crippen LogP contribution in [0.5, 0.6) is 0 Å². The highest BCUT2D eigenvalue weighted by Crippen LogP contribution is 2.41. The van der Waals surface area contributed by atoms with E-state index in [2.05, 4.69) is 9.88 Å². The molecule has 0 amide bonds. The fourth-order valence-electron chi connectivity index (χ4n) is 4.48. The minimum atomic E-state index is -0.236. The van der Waals surface area contributed by atoms with Crippen LogP contribution >= 0.6 is 23.2 Å². The zero-order valence-electron chi connectivity index (χ0n) is 16.5. The third kappa shape index (κ3) is 3.50. The molecule has 3 heterocycles. The lowest BCUT2D eigenvalue weighted by Gasteiger charge is -2.41. The summed E-state index contributed by atoms with van der Waals surface area (Å²) >= 11 is 12.2. The van der Waals surface area contributed by atoms with Gasteiger partial charge in [0.25, 0.3) is 5.56 Å². The summed E-state index contributed by atoms with van der Waals surface area (Å²) in [6.07, 6.45) is 1.85. The van der Waals surface area contributed by atoms with E-state index >= 15 is 0 Å². The highest BCUT2D eigenvalue weighted by molar-refractivity contribution is 6.35. The topological polar surface area (TPSA) is 99.4 Å². The van der Waals surface area contributed by atoms with Gasteiger partial charge < -0.3 is 21.1 Å². The van der Waals surface area contributed by atoms with Crippen LogP contribution in [0.4, 0.5) is 11.8 Å². The van der Waals surface area contributed by atoms with E-state index in [-0.39, 0.29) is 28.9 Å². The minimum Gasteiger partial charge on any atom is -0.383 e. The Balaban J connectivity index is 1.64. The summed E-state index contributed by atoms with van der Waals surface area (Å²) in [4.78, 5) is 19.8. The Morgan fingerprint density at radius 3 is 2.38 bits per heavy atom. The molecule has 156 valence electrons. The largest absolute Gasteiger partial charge is 0.383 e. The van der Waals surface area contributed by atoms with E-state index in [1.165, 1.54) is 4.57 Å².